The molecule has 0 aliphatic heterocycles. The van der Waals surface area contributed by atoms with Crippen molar-refractivity contribution in [2.75, 3.05) is 40.0 Å². The van der Waals surface area contributed by atoms with E-state index in [0.717, 1.165) is 5.56 Å². The molecule has 16 nitrogen and oxygen atoms in total. The third kappa shape index (κ3) is 15.3. The number of methoxy groups -OCH3 is 1. The van der Waals surface area contributed by atoms with Crippen LogP contribution in [0.25, 0.3) is 5.53 Å². The molecular weight excluding hydrogens is 652 g/mol. The van der Waals surface area contributed by atoms with Crippen LogP contribution >= 0.6 is 0 Å². The zero-order chi connectivity index (χ0) is 31.4. The first-order valence-corrected chi connectivity index (χ1v) is 12.8. The summed E-state index contributed by atoms with van der Waals surface area (Å²) in [5.41, 5.74) is 8.38. The Morgan fingerprint density at radius 3 is 2.28 bits per heavy atom. The number of unbranched alkanes of at least 4 members (excludes halogenated alkanes) is 1. The molecular formula is C26H36N7O9Tc-. The van der Waals surface area contributed by atoms with E-state index >= 15 is 0 Å². The Labute approximate surface area is 261 Å². The quantitative estimate of drug-likeness (QED) is 0.0619. The Bertz CT molecular complexity index is 1130. The fourth-order valence-electron chi connectivity index (χ4n) is 3.24. The van der Waals surface area contributed by atoms with Gasteiger partial charge in [0.05, 0.1) is 51.0 Å². The molecule has 0 fully saturated rings. The maximum atomic E-state index is 12.3. The molecule has 1 atom stereocenters. The summed E-state index contributed by atoms with van der Waals surface area (Å²) in [5, 5.41) is 45.1. The van der Waals surface area contributed by atoms with Crippen LogP contribution in [0.15, 0.2) is 48.0 Å². The van der Waals surface area contributed by atoms with Gasteiger partial charge < -0.3 is 46.4 Å². The van der Waals surface area contributed by atoms with Gasteiger partial charge in [-0.05, 0) is 43.0 Å². The predicted molar refractivity (Wildman–Crippen MR) is 147 cm³/mol. The van der Waals surface area contributed by atoms with Crippen LogP contribution in [0.5, 0.6) is 0 Å². The normalized spacial score (nSPS) is 11.1. The van der Waals surface area contributed by atoms with E-state index in [1.165, 1.54) is 25.4 Å². The van der Waals surface area contributed by atoms with Crippen molar-refractivity contribution in [1.29, 1.82) is 0 Å². The number of nitrogens with one attached hydrogen (secondary N) is 3. The van der Waals surface area contributed by atoms with Crippen molar-refractivity contribution in [2.45, 2.75) is 37.3 Å². The van der Waals surface area contributed by atoms with Crippen LogP contribution in [0.3, 0.4) is 0 Å². The fourth-order valence-corrected chi connectivity index (χ4v) is 3.24. The molecule has 1 radical (unpaired) electrons. The van der Waals surface area contributed by atoms with Crippen molar-refractivity contribution >= 4 is 29.6 Å². The first kappa shape index (κ1) is 39.3. The average Bonchev–Trinajstić information content (AvgIpc) is 3.01. The summed E-state index contributed by atoms with van der Waals surface area (Å²) in [6.45, 7) is -1.52. The van der Waals surface area contributed by atoms with Gasteiger partial charge in [-0.2, -0.15) is 0 Å². The summed E-state index contributed by atoms with van der Waals surface area (Å²) < 4.78 is 4.75. The van der Waals surface area contributed by atoms with Crippen LogP contribution in [-0.4, -0.2) is 106 Å². The molecule has 1 unspecified atom stereocenters. The molecule has 2 heterocycles. The maximum Gasteiger partial charge on any atom is 0.328 e. The van der Waals surface area contributed by atoms with Gasteiger partial charge in [0.15, 0.2) is 0 Å². The van der Waals surface area contributed by atoms with E-state index < -0.39 is 55.8 Å². The fraction of sp³-hybridized carbons (Fsp3) is 0.462. The molecule has 0 aliphatic carbocycles. The number of aliphatic hydroxyl groups excluding tert-OH is 3. The van der Waals surface area contributed by atoms with E-state index in [2.05, 4.69) is 31.0 Å². The van der Waals surface area contributed by atoms with Crippen molar-refractivity contribution in [3.8, 4) is 0 Å². The van der Waals surface area contributed by atoms with E-state index in [9.17, 15) is 19.2 Å². The van der Waals surface area contributed by atoms with Gasteiger partial charge in [-0.25, -0.2) is 9.78 Å². The minimum Gasteiger partial charge on any atom is -0.705 e. The minimum atomic E-state index is -1.31. The van der Waals surface area contributed by atoms with Crippen LogP contribution in [0, 0.1) is 0 Å². The van der Waals surface area contributed by atoms with E-state index in [-0.39, 0.29) is 43.8 Å². The Morgan fingerprint density at radius 1 is 1.07 bits per heavy atom. The number of nitrogens with zero attached hydrogens (tertiary/aromatic N) is 4. The number of carbonyl (C=O) groups excluding carboxylic acids is 3. The summed E-state index contributed by atoms with van der Waals surface area (Å²) in [4.78, 5) is 54.0. The second-order valence-electron chi connectivity index (χ2n) is 8.94. The third-order valence-electron chi connectivity index (χ3n) is 5.76. The van der Waals surface area contributed by atoms with E-state index in [1.54, 1.807) is 18.5 Å². The Kier molecular flexibility index (Phi) is 20.0. The standard InChI is InChI=1S/C20H23N6O4.C6H13NO5.Tc/c1-30-20(29)16(25-19(28)15-7-8-17(26-21)24-13-15)6-2-3-10-23-18(27)11-14-5-4-9-22-12-14;8-2-6(3-9,4-10)7-1-5(11)12;/h4-5,7-9,12-13,16H,2-3,6,10-11H2,1H3,(H,23,27)(H,25,28);7-10H,1-4H2,(H,11,12);/q-1;;. The van der Waals surface area contributed by atoms with E-state index in [4.69, 9.17) is 30.7 Å². The molecule has 2 aromatic rings. The molecule has 237 valence electrons. The number of carboxylic acids is 1. The molecule has 2 amide bonds. The number of ether oxygens (including phenoxy) is 1. The van der Waals surface area contributed by atoms with Gasteiger partial charge in [0.25, 0.3) is 5.91 Å². The number of hydrogen-bond donors (Lipinski definition) is 7. The second-order valence-corrected chi connectivity index (χ2v) is 8.94. The molecule has 0 bridgehead atoms. The van der Waals surface area contributed by atoms with Gasteiger partial charge in [-0.3, -0.25) is 24.7 Å². The van der Waals surface area contributed by atoms with Crippen molar-refractivity contribution in [1.82, 2.24) is 25.9 Å². The Hall–Kier alpha value is -3.73. The molecule has 0 aliphatic rings. The first-order valence-electron chi connectivity index (χ1n) is 12.8. The number of aromatic nitrogens is 2. The number of carbonyl (C=O) groups is 4. The zero-order valence-electron chi connectivity index (χ0n) is 23.5. The summed E-state index contributed by atoms with van der Waals surface area (Å²) in [5.74, 6) is -2.20. The molecule has 2 rings (SSSR count). The SMILES string of the molecule is COC(=O)C(CCCCNC(=O)Cc1cccnc1)NC(=O)c1ccc(N=[N-])nc1.O=C(O)CNC(CO)(CO)CO.[Tc]. The molecule has 43 heavy (non-hydrogen) atoms. The zero-order valence-corrected chi connectivity index (χ0v) is 25.3. The van der Waals surface area contributed by atoms with Crippen molar-refractivity contribution in [2.24, 2.45) is 5.11 Å². The monoisotopic (exact) mass is 687 g/mol. The topological polar surface area (TPSA) is 255 Å². The first-order chi connectivity index (χ1) is 20.1. The summed E-state index contributed by atoms with van der Waals surface area (Å²) in [6.07, 6.45) is 6.37. The predicted octanol–water partition coefficient (Wildman–Crippen LogP) is -0.696. The van der Waals surface area contributed by atoms with Crippen LogP contribution in [0.1, 0.15) is 35.2 Å². The van der Waals surface area contributed by atoms with Gasteiger partial charge in [0.1, 0.15) is 11.9 Å². The van der Waals surface area contributed by atoms with E-state index in [1.807, 2.05) is 6.07 Å². The minimum absolute atomic E-state index is 0. The molecule has 0 spiro atoms. The molecule has 0 saturated heterocycles. The van der Waals surface area contributed by atoms with Crippen LogP contribution < -0.4 is 16.0 Å². The smallest absolute Gasteiger partial charge is 0.328 e. The average molecular weight is 689 g/mol. The van der Waals surface area contributed by atoms with Crippen LogP contribution in [0.2, 0.25) is 0 Å². The molecule has 17 heteroatoms. The summed E-state index contributed by atoms with van der Waals surface area (Å²) in [7, 11) is 1.25. The molecule has 7 N–H and O–H groups in total. The van der Waals surface area contributed by atoms with Crippen molar-refractivity contribution in [3.63, 3.8) is 0 Å². The van der Waals surface area contributed by atoms with Gasteiger partial charge >= 0.3 is 11.9 Å². The number of aliphatic hydroxyl groups is 3. The molecule has 2 aromatic heterocycles. The second kappa shape index (κ2) is 21.9. The number of pyridine rings is 2. The molecule has 0 saturated carbocycles. The number of aliphatic carboxylic acids is 1. The van der Waals surface area contributed by atoms with Gasteiger partial charge in [-0.1, -0.05) is 6.07 Å². The third-order valence-corrected chi connectivity index (χ3v) is 5.76. The summed E-state index contributed by atoms with van der Waals surface area (Å²) >= 11 is 0. The molecule has 0 aromatic carbocycles. The largest absolute Gasteiger partial charge is 0.705 e. The number of esters is 1. The van der Waals surface area contributed by atoms with Gasteiger partial charge in [-0.15, -0.1) is 0 Å². The van der Waals surface area contributed by atoms with Crippen molar-refractivity contribution < 1.29 is 64.4 Å². The number of amides is 2. The van der Waals surface area contributed by atoms with Crippen LogP contribution in [-0.2, 0) is 45.6 Å². The number of rotatable bonds is 17. The summed E-state index contributed by atoms with van der Waals surface area (Å²) in [6, 6.07) is 5.59. The van der Waals surface area contributed by atoms with Crippen molar-refractivity contribution in [3.05, 3.63) is 59.5 Å². The maximum absolute atomic E-state index is 12.3. The number of carboxylic acid groups (broad SMARTS) is 1. The Balaban J connectivity index is 0.00000115. The van der Waals surface area contributed by atoms with Crippen LogP contribution in [0.4, 0.5) is 5.82 Å². The van der Waals surface area contributed by atoms with Gasteiger partial charge in [0, 0.05) is 45.2 Å². The van der Waals surface area contributed by atoms with E-state index in [0.29, 0.717) is 25.8 Å². The number of hydrogen-bond acceptors (Lipinski definition) is 12. The van der Waals surface area contributed by atoms with Gasteiger partial charge in [0.2, 0.25) is 5.91 Å². The Morgan fingerprint density at radius 2 is 1.77 bits per heavy atom.